The van der Waals surface area contributed by atoms with E-state index in [-0.39, 0.29) is 11.3 Å². The minimum absolute atomic E-state index is 0.0248. The molecule has 0 radical (unpaired) electrons. The van der Waals surface area contributed by atoms with Crippen LogP contribution in [0.4, 0.5) is 23.5 Å². The van der Waals surface area contributed by atoms with E-state index in [0.717, 1.165) is 38.3 Å². The van der Waals surface area contributed by atoms with Crippen LogP contribution >= 0.6 is 0 Å². The second-order valence-corrected chi connectivity index (χ2v) is 5.17. The van der Waals surface area contributed by atoms with E-state index >= 15 is 0 Å². The van der Waals surface area contributed by atoms with Crippen molar-refractivity contribution in [3.05, 3.63) is 41.8 Å². The molecule has 1 fully saturated rings. The molecule has 0 aliphatic carbocycles. The Morgan fingerprint density at radius 1 is 1.09 bits per heavy atom. The van der Waals surface area contributed by atoms with Crippen LogP contribution in [-0.2, 0) is 6.18 Å². The van der Waals surface area contributed by atoms with E-state index in [9.17, 15) is 17.6 Å². The average Bonchev–Trinajstić information content (AvgIpc) is 2.55. The number of hydrogen-bond donors (Lipinski definition) is 1. The van der Waals surface area contributed by atoms with Gasteiger partial charge in [0, 0.05) is 37.9 Å². The molecular weight excluding hydrogens is 312 g/mol. The first-order valence-electron chi connectivity index (χ1n) is 7.11. The van der Waals surface area contributed by atoms with Crippen molar-refractivity contribution in [2.75, 3.05) is 31.1 Å². The van der Waals surface area contributed by atoms with Crippen LogP contribution < -0.4 is 10.2 Å². The quantitative estimate of drug-likeness (QED) is 0.862. The fourth-order valence-corrected chi connectivity index (χ4v) is 2.41. The summed E-state index contributed by atoms with van der Waals surface area (Å²) in [6, 6.07) is 3.92. The number of anilines is 1. The minimum atomic E-state index is -4.57. The van der Waals surface area contributed by atoms with Gasteiger partial charge in [0.15, 0.2) is 0 Å². The van der Waals surface area contributed by atoms with Crippen LogP contribution in [0, 0.1) is 5.82 Å². The third-order valence-corrected chi connectivity index (χ3v) is 3.62. The highest BCUT2D eigenvalue weighted by Gasteiger charge is 2.31. The lowest BCUT2D eigenvalue weighted by Gasteiger charge is -2.27. The van der Waals surface area contributed by atoms with Crippen molar-refractivity contribution in [3.63, 3.8) is 0 Å². The predicted molar refractivity (Wildman–Crippen MR) is 77.5 cm³/mol. The van der Waals surface area contributed by atoms with Gasteiger partial charge in [0.2, 0.25) is 5.95 Å². The third kappa shape index (κ3) is 3.42. The van der Waals surface area contributed by atoms with Crippen molar-refractivity contribution in [1.82, 2.24) is 15.3 Å². The fourth-order valence-electron chi connectivity index (χ4n) is 2.41. The van der Waals surface area contributed by atoms with Gasteiger partial charge in [0.05, 0.1) is 11.3 Å². The lowest BCUT2D eigenvalue weighted by Crippen LogP contribution is -2.44. The number of nitrogens with zero attached hydrogens (tertiary/aromatic N) is 3. The number of aromatic nitrogens is 2. The van der Waals surface area contributed by atoms with Crippen molar-refractivity contribution in [3.8, 4) is 11.3 Å². The highest BCUT2D eigenvalue weighted by atomic mass is 19.4. The maximum Gasteiger partial charge on any atom is 0.416 e. The number of nitrogens with one attached hydrogen (secondary N) is 1. The van der Waals surface area contributed by atoms with Gasteiger partial charge >= 0.3 is 6.18 Å². The van der Waals surface area contributed by atoms with Crippen LogP contribution in [0.3, 0.4) is 0 Å². The zero-order valence-electron chi connectivity index (χ0n) is 12.1. The number of alkyl halides is 3. The molecule has 122 valence electrons. The maximum absolute atomic E-state index is 14.1. The third-order valence-electron chi connectivity index (χ3n) is 3.62. The van der Waals surface area contributed by atoms with Crippen LogP contribution in [0.2, 0.25) is 0 Å². The predicted octanol–water partition coefficient (Wildman–Crippen LogP) is 2.71. The Bertz CT molecular complexity index is 696. The Morgan fingerprint density at radius 2 is 1.83 bits per heavy atom. The monoisotopic (exact) mass is 326 g/mol. The molecule has 0 atom stereocenters. The van der Waals surface area contributed by atoms with Gasteiger partial charge in [-0.25, -0.2) is 14.4 Å². The van der Waals surface area contributed by atoms with Crippen molar-refractivity contribution in [2.45, 2.75) is 6.18 Å². The average molecular weight is 326 g/mol. The SMILES string of the molecule is Fc1cc(C(F)(F)F)ccc1-c1ccnc(N2CCNCC2)n1. The van der Waals surface area contributed by atoms with Gasteiger partial charge in [-0.2, -0.15) is 13.2 Å². The summed E-state index contributed by atoms with van der Waals surface area (Å²) in [7, 11) is 0. The molecule has 2 aromatic rings. The summed E-state index contributed by atoms with van der Waals surface area (Å²) < 4.78 is 51.9. The summed E-state index contributed by atoms with van der Waals surface area (Å²) in [4.78, 5) is 10.4. The summed E-state index contributed by atoms with van der Waals surface area (Å²) in [6.07, 6.45) is -3.09. The molecule has 0 amide bonds. The summed E-state index contributed by atoms with van der Waals surface area (Å²) in [5.74, 6) is -0.506. The van der Waals surface area contributed by atoms with Crippen LogP contribution in [0.25, 0.3) is 11.3 Å². The highest BCUT2D eigenvalue weighted by Crippen LogP contribution is 2.32. The number of piperazine rings is 1. The molecule has 1 aromatic heterocycles. The Hall–Kier alpha value is -2.22. The van der Waals surface area contributed by atoms with Crippen LogP contribution in [0.15, 0.2) is 30.5 Å². The van der Waals surface area contributed by atoms with Crippen molar-refractivity contribution in [2.24, 2.45) is 0 Å². The van der Waals surface area contributed by atoms with Crippen molar-refractivity contribution in [1.29, 1.82) is 0 Å². The molecule has 0 saturated carbocycles. The summed E-state index contributed by atoms with van der Waals surface area (Å²) in [5, 5.41) is 3.20. The molecule has 1 saturated heterocycles. The van der Waals surface area contributed by atoms with Gasteiger partial charge in [0.25, 0.3) is 0 Å². The molecule has 0 bridgehead atoms. The first-order chi connectivity index (χ1) is 10.9. The van der Waals surface area contributed by atoms with E-state index in [0.29, 0.717) is 12.0 Å². The zero-order valence-corrected chi connectivity index (χ0v) is 12.1. The van der Waals surface area contributed by atoms with Crippen LogP contribution in [-0.4, -0.2) is 36.1 Å². The van der Waals surface area contributed by atoms with Gasteiger partial charge in [-0.1, -0.05) is 0 Å². The van der Waals surface area contributed by atoms with E-state index in [1.165, 1.54) is 12.3 Å². The van der Waals surface area contributed by atoms with E-state index in [1.807, 2.05) is 4.90 Å². The Kier molecular flexibility index (Phi) is 4.16. The summed E-state index contributed by atoms with van der Waals surface area (Å²) >= 11 is 0. The van der Waals surface area contributed by atoms with E-state index in [1.54, 1.807) is 0 Å². The summed E-state index contributed by atoms with van der Waals surface area (Å²) in [5.41, 5.74) is -0.730. The highest BCUT2D eigenvalue weighted by molar-refractivity contribution is 5.61. The second-order valence-electron chi connectivity index (χ2n) is 5.17. The molecule has 1 aliphatic heterocycles. The number of benzene rings is 1. The molecule has 0 unspecified atom stereocenters. The van der Waals surface area contributed by atoms with E-state index in [2.05, 4.69) is 15.3 Å². The molecular formula is C15H14F4N4. The molecule has 1 aliphatic rings. The molecule has 3 rings (SSSR count). The van der Waals surface area contributed by atoms with Gasteiger partial charge in [0.1, 0.15) is 5.82 Å². The minimum Gasteiger partial charge on any atom is -0.338 e. The van der Waals surface area contributed by atoms with Gasteiger partial charge in [-0.3, -0.25) is 0 Å². The standard InChI is InChI=1S/C15H14F4N4/c16-12-9-10(15(17,18)19)1-2-11(12)13-3-4-21-14(22-13)23-7-5-20-6-8-23/h1-4,9,20H,5-8H2. The number of rotatable bonds is 2. The van der Waals surface area contributed by atoms with Gasteiger partial charge in [-0.15, -0.1) is 0 Å². The Labute approximate surface area is 130 Å². The first-order valence-corrected chi connectivity index (χ1v) is 7.11. The normalized spacial score (nSPS) is 15.7. The van der Waals surface area contributed by atoms with E-state index < -0.39 is 17.6 Å². The van der Waals surface area contributed by atoms with Crippen LogP contribution in [0.1, 0.15) is 5.56 Å². The van der Waals surface area contributed by atoms with Gasteiger partial charge in [-0.05, 0) is 24.3 Å². The molecule has 4 nitrogen and oxygen atoms in total. The maximum atomic E-state index is 14.1. The first kappa shape index (κ1) is 15.7. The summed E-state index contributed by atoms with van der Waals surface area (Å²) in [6.45, 7) is 3.03. The number of hydrogen-bond acceptors (Lipinski definition) is 4. The second kappa shape index (κ2) is 6.11. The molecule has 0 spiro atoms. The zero-order chi connectivity index (χ0) is 16.4. The van der Waals surface area contributed by atoms with Gasteiger partial charge < -0.3 is 10.2 Å². The van der Waals surface area contributed by atoms with Crippen molar-refractivity contribution >= 4 is 5.95 Å². The molecule has 1 aromatic carbocycles. The lowest BCUT2D eigenvalue weighted by atomic mass is 10.1. The van der Waals surface area contributed by atoms with E-state index in [4.69, 9.17) is 0 Å². The lowest BCUT2D eigenvalue weighted by molar-refractivity contribution is -0.137. The van der Waals surface area contributed by atoms with Crippen LogP contribution in [0.5, 0.6) is 0 Å². The molecule has 23 heavy (non-hydrogen) atoms. The largest absolute Gasteiger partial charge is 0.416 e. The molecule has 1 N–H and O–H groups in total. The molecule has 2 heterocycles. The van der Waals surface area contributed by atoms with Crippen molar-refractivity contribution < 1.29 is 17.6 Å². The Balaban J connectivity index is 1.92. The fraction of sp³-hybridized carbons (Fsp3) is 0.333. The smallest absolute Gasteiger partial charge is 0.338 e. The molecule has 8 heteroatoms. The Morgan fingerprint density at radius 3 is 2.48 bits per heavy atom. The topological polar surface area (TPSA) is 41.1 Å². The number of halogens is 4.